The molecule has 0 unspecified atom stereocenters. The highest BCUT2D eigenvalue weighted by atomic mass is 16.6. The van der Waals surface area contributed by atoms with Crippen molar-refractivity contribution in [1.82, 2.24) is 20.1 Å². The number of carbonyl (C=O) groups excluding carboxylic acids is 1. The number of aromatic amines is 1. The Hall–Kier alpha value is -3.29. The fourth-order valence-corrected chi connectivity index (χ4v) is 2.86. The molecule has 0 aliphatic heterocycles. The number of H-pyrrole nitrogens is 1. The lowest BCUT2D eigenvalue weighted by Gasteiger charge is -2.21. The van der Waals surface area contributed by atoms with Crippen molar-refractivity contribution in [1.29, 1.82) is 0 Å². The zero-order valence-electron chi connectivity index (χ0n) is 13.3. The predicted octanol–water partition coefficient (Wildman–Crippen LogP) is 2.67. The molecule has 2 heterocycles. The Morgan fingerprint density at radius 3 is 2.88 bits per heavy atom. The van der Waals surface area contributed by atoms with Crippen molar-refractivity contribution >= 4 is 22.5 Å². The van der Waals surface area contributed by atoms with E-state index in [1.54, 1.807) is 23.4 Å². The molecular weight excluding hydrogens is 322 g/mol. The van der Waals surface area contributed by atoms with Gasteiger partial charge in [0.1, 0.15) is 0 Å². The number of hydrogen-bond donors (Lipinski definition) is 1. The molecule has 1 amide bonds. The van der Waals surface area contributed by atoms with E-state index in [4.69, 9.17) is 0 Å². The van der Waals surface area contributed by atoms with E-state index in [1.807, 2.05) is 12.1 Å². The van der Waals surface area contributed by atoms with Crippen molar-refractivity contribution in [3.8, 4) is 0 Å². The molecule has 0 radical (unpaired) electrons. The highest BCUT2D eigenvalue weighted by molar-refractivity contribution is 6.05. The Kier molecular flexibility index (Phi) is 3.64. The number of aromatic nitrogens is 3. The number of nitro groups is 1. The van der Waals surface area contributed by atoms with E-state index < -0.39 is 4.92 Å². The normalized spacial score (nSPS) is 13.8. The molecule has 25 heavy (non-hydrogen) atoms. The summed E-state index contributed by atoms with van der Waals surface area (Å²) < 4.78 is 0. The van der Waals surface area contributed by atoms with Gasteiger partial charge in [0, 0.05) is 42.5 Å². The minimum atomic E-state index is -0.477. The SMILES string of the molecule is O=C(c1n[nH]c2ccc([N+](=O)[O-])cc12)N(Cc1cccnc1)C1CC1. The largest absolute Gasteiger partial charge is 0.330 e. The number of amides is 1. The Balaban J connectivity index is 1.69. The Morgan fingerprint density at radius 2 is 2.20 bits per heavy atom. The maximum Gasteiger partial charge on any atom is 0.275 e. The third-order valence-electron chi connectivity index (χ3n) is 4.28. The molecule has 2 aromatic heterocycles. The first-order valence-corrected chi connectivity index (χ1v) is 7.96. The molecule has 0 saturated heterocycles. The number of nitrogens with one attached hydrogen (secondary N) is 1. The second kappa shape index (κ2) is 5.97. The minimum absolute atomic E-state index is 0.0619. The van der Waals surface area contributed by atoms with Crippen LogP contribution in [0.5, 0.6) is 0 Å². The summed E-state index contributed by atoms with van der Waals surface area (Å²) in [5.74, 6) is -0.224. The Morgan fingerprint density at radius 1 is 1.36 bits per heavy atom. The van der Waals surface area contributed by atoms with Gasteiger partial charge in [-0.15, -0.1) is 0 Å². The monoisotopic (exact) mass is 337 g/mol. The molecule has 1 aromatic carbocycles. The summed E-state index contributed by atoms with van der Waals surface area (Å²) in [5, 5.41) is 18.4. The van der Waals surface area contributed by atoms with E-state index in [0.717, 1.165) is 18.4 Å². The van der Waals surface area contributed by atoms with Crippen molar-refractivity contribution in [2.75, 3.05) is 0 Å². The molecule has 0 atom stereocenters. The minimum Gasteiger partial charge on any atom is -0.330 e. The third kappa shape index (κ3) is 2.93. The number of fused-ring (bicyclic) bond motifs is 1. The summed E-state index contributed by atoms with van der Waals surface area (Å²) in [4.78, 5) is 29.4. The summed E-state index contributed by atoms with van der Waals surface area (Å²) in [7, 11) is 0. The molecule has 0 spiro atoms. The average Bonchev–Trinajstić information content (AvgIpc) is 3.38. The molecule has 1 aliphatic rings. The first kappa shape index (κ1) is 15.3. The van der Waals surface area contributed by atoms with Gasteiger partial charge in [-0.2, -0.15) is 5.10 Å². The van der Waals surface area contributed by atoms with Crippen LogP contribution >= 0.6 is 0 Å². The smallest absolute Gasteiger partial charge is 0.275 e. The number of hydrogen-bond acceptors (Lipinski definition) is 5. The topological polar surface area (TPSA) is 105 Å². The van der Waals surface area contributed by atoms with Crippen molar-refractivity contribution in [2.24, 2.45) is 0 Å². The number of nitro benzene ring substituents is 1. The van der Waals surface area contributed by atoms with Crippen molar-refractivity contribution in [2.45, 2.75) is 25.4 Å². The molecule has 0 bridgehead atoms. The van der Waals surface area contributed by atoms with E-state index in [9.17, 15) is 14.9 Å². The van der Waals surface area contributed by atoms with Gasteiger partial charge < -0.3 is 4.90 Å². The Labute approximate surface area is 142 Å². The van der Waals surface area contributed by atoms with Crippen LogP contribution < -0.4 is 0 Å². The fourth-order valence-electron chi connectivity index (χ4n) is 2.86. The number of nitrogens with zero attached hydrogens (tertiary/aromatic N) is 4. The van der Waals surface area contributed by atoms with E-state index in [0.29, 0.717) is 17.4 Å². The fraction of sp³-hybridized carbons (Fsp3) is 0.235. The summed E-state index contributed by atoms with van der Waals surface area (Å²) in [6.45, 7) is 0.445. The van der Waals surface area contributed by atoms with Gasteiger partial charge in [-0.1, -0.05) is 6.07 Å². The van der Waals surface area contributed by atoms with Crippen LogP contribution in [0.4, 0.5) is 5.69 Å². The van der Waals surface area contributed by atoms with Crippen molar-refractivity contribution in [3.05, 3.63) is 64.1 Å². The van der Waals surface area contributed by atoms with Gasteiger partial charge in [0.25, 0.3) is 11.6 Å². The van der Waals surface area contributed by atoms with Crippen LogP contribution in [0, 0.1) is 10.1 Å². The van der Waals surface area contributed by atoms with Crippen LogP contribution in [-0.2, 0) is 6.54 Å². The first-order chi connectivity index (χ1) is 12.1. The Bertz CT molecular complexity index is 949. The molecule has 1 fully saturated rings. The summed E-state index contributed by atoms with van der Waals surface area (Å²) in [6, 6.07) is 8.28. The van der Waals surface area contributed by atoms with Gasteiger partial charge in [-0.05, 0) is 30.5 Å². The predicted molar refractivity (Wildman–Crippen MR) is 89.9 cm³/mol. The third-order valence-corrected chi connectivity index (χ3v) is 4.28. The van der Waals surface area contributed by atoms with Gasteiger partial charge in [0.05, 0.1) is 10.4 Å². The van der Waals surface area contributed by atoms with E-state index in [-0.39, 0.29) is 23.3 Å². The van der Waals surface area contributed by atoms with Crippen LogP contribution in [0.15, 0.2) is 42.7 Å². The molecule has 126 valence electrons. The second-order valence-electron chi connectivity index (χ2n) is 6.08. The van der Waals surface area contributed by atoms with Gasteiger partial charge in [0.15, 0.2) is 5.69 Å². The number of benzene rings is 1. The van der Waals surface area contributed by atoms with E-state index in [2.05, 4.69) is 15.2 Å². The lowest BCUT2D eigenvalue weighted by molar-refractivity contribution is -0.384. The highest BCUT2D eigenvalue weighted by Crippen LogP contribution is 2.31. The molecular formula is C17H15N5O3. The van der Waals surface area contributed by atoms with Gasteiger partial charge >= 0.3 is 0 Å². The van der Waals surface area contributed by atoms with Crippen molar-refractivity contribution < 1.29 is 9.72 Å². The standard InChI is InChI=1S/C17H15N5O3/c23-17(21(12-3-4-12)10-11-2-1-7-18-9-11)16-14-8-13(22(24)25)5-6-15(14)19-20-16/h1-2,5-9,12H,3-4,10H2,(H,19,20). The molecule has 4 rings (SSSR count). The van der Waals surface area contributed by atoms with Crippen LogP contribution in [-0.4, -0.2) is 37.0 Å². The first-order valence-electron chi connectivity index (χ1n) is 7.96. The van der Waals surface area contributed by atoms with Crippen LogP contribution in [0.1, 0.15) is 28.9 Å². The number of carbonyl (C=O) groups is 1. The number of non-ortho nitro benzene ring substituents is 1. The highest BCUT2D eigenvalue weighted by Gasteiger charge is 2.34. The summed E-state index contributed by atoms with van der Waals surface area (Å²) >= 11 is 0. The molecule has 8 heteroatoms. The van der Waals surface area contributed by atoms with Gasteiger partial charge in [-0.25, -0.2) is 0 Å². The number of rotatable bonds is 5. The van der Waals surface area contributed by atoms with Crippen molar-refractivity contribution in [3.63, 3.8) is 0 Å². The molecule has 1 N–H and O–H groups in total. The lowest BCUT2D eigenvalue weighted by atomic mass is 10.1. The van der Waals surface area contributed by atoms with E-state index in [1.165, 1.54) is 12.1 Å². The van der Waals surface area contributed by atoms with E-state index >= 15 is 0 Å². The van der Waals surface area contributed by atoms with Gasteiger partial charge in [-0.3, -0.25) is 25.0 Å². The maximum atomic E-state index is 13.0. The second-order valence-corrected chi connectivity index (χ2v) is 6.08. The molecule has 1 saturated carbocycles. The summed E-state index contributed by atoms with van der Waals surface area (Å²) in [5.41, 5.74) is 1.70. The quantitative estimate of drug-likeness (QED) is 0.569. The van der Waals surface area contributed by atoms with Gasteiger partial charge in [0.2, 0.25) is 0 Å². The average molecular weight is 337 g/mol. The number of pyridine rings is 1. The van der Waals surface area contributed by atoms with Crippen LogP contribution in [0.25, 0.3) is 10.9 Å². The van der Waals surface area contributed by atoms with Crippen LogP contribution in [0.2, 0.25) is 0 Å². The summed E-state index contributed by atoms with van der Waals surface area (Å²) in [6.07, 6.45) is 5.33. The maximum absolute atomic E-state index is 13.0. The molecule has 3 aromatic rings. The van der Waals surface area contributed by atoms with Crippen LogP contribution in [0.3, 0.4) is 0 Å². The zero-order valence-corrected chi connectivity index (χ0v) is 13.3. The zero-order chi connectivity index (χ0) is 17.4. The lowest BCUT2D eigenvalue weighted by Crippen LogP contribution is -2.33. The molecule has 8 nitrogen and oxygen atoms in total. The molecule has 1 aliphatic carbocycles.